The lowest BCUT2D eigenvalue weighted by atomic mass is 10.2. The van der Waals surface area contributed by atoms with E-state index in [1.807, 2.05) is 17.1 Å². The number of nitrogens with one attached hydrogen (secondary N) is 4. The van der Waals surface area contributed by atoms with Crippen molar-refractivity contribution in [3.8, 4) is 0 Å². The number of amides is 5. The molecule has 17 nitrogen and oxygen atoms in total. The molecular weight excluding hydrogens is 789 g/mol. The minimum Gasteiger partial charge on any atom is -0.356 e. The number of unbranched alkanes of at least 4 members (excludes halogenated alkanes) is 1. The van der Waals surface area contributed by atoms with Crippen LogP contribution in [0.5, 0.6) is 0 Å². The number of carbonyl (C=O) groups is 5. The maximum absolute atomic E-state index is 14.0. The fourth-order valence-corrected chi connectivity index (χ4v) is 6.63. The van der Waals surface area contributed by atoms with Gasteiger partial charge in [0.1, 0.15) is 0 Å². The first kappa shape index (κ1) is 58.6. The Labute approximate surface area is 375 Å². The predicted octanol–water partition coefficient (Wildman–Crippen LogP) is 1.02. The molecule has 0 atom stereocenters. The molecule has 62 heavy (non-hydrogen) atoms. The lowest BCUT2D eigenvalue weighted by molar-refractivity contribution is -0.133. The quantitative estimate of drug-likeness (QED) is 0.0316. The molecule has 0 saturated carbocycles. The van der Waals surface area contributed by atoms with Crippen LogP contribution in [0, 0.1) is 0 Å². The molecule has 0 spiro atoms. The van der Waals surface area contributed by atoms with Gasteiger partial charge in [0, 0.05) is 65.2 Å². The van der Waals surface area contributed by atoms with E-state index >= 15 is 0 Å². The fourth-order valence-electron chi connectivity index (χ4n) is 6.63. The van der Waals surface area contributed by atoms with E-state index in [1.165, 1.54) is 0 Å². The van der Waals surface area contributed by atoms with E-state index in [1.54, 1.807) is 0 Å². The molecule has 12 N–H and O–H groups in total. The fraction of sp³-hybridized carbons (Fsp3) is 0.800. The molecule has 0 bridgehead atoms. The van der Waals surface area contributed by atoms with Gasteiger partial charge < -0.3 is 49.1 Å². The lowest BCUT2D eigenvalue weighted by Crippen LogP contribution is -2.44. The lowest BCUT2D eigenvalue weighted by Gasteiger charge is -2.28. The maximum atomic E-state index is 14.0. The largest absolute Gasteiger partial charge is 0.356 e. The van der Waals surface area contributed by atoms with Crippen molar-refractivity contribution in [3.63, 3.8) is 0 Å². The zero-order valence-electron chi connectivity index (χ0n) is 39.0. The molecule has 0 saturated heterocycles. The second kappa shape index (κ2) is 42.8. The van der Waals surface area contributed by atoms with E-state index in [-0.39, 0.29) is 49.2 Å². The Morgan fingerprint density at radius 2 is 0.742 bits per heavy atom. The van der Waals surface area contributed by atoms with E-state index in [9.17, 15) is 24.0 Å². The van der Waals surface area contributed by atoms with Crippen LogP contribution in [-0.2, 0) is 24.0 Å². The highest BCUT2D eigenvalue weighted by molar-refractivity contribution is 5.79. The normalized spacial score (nSPS) is 11.6. The van der Waals surface area contributed by atoms with Crippen molar-refractivity contribution >= 4 is 29.5 Å². The number of rotatable bonds is 43. The highest BCUT2D eigenvalue weighted by Gasteiger charge is 2.19. The number of nitrogens with two attached hydrogens (primary N) is 4. The third-order valence-corrected chi connectivity index (χ3v) is 10.1. The summed E-state index contributed by atoms with van der Waals surface area (Å²) in [5.41, 5.74) is 22.8. The van der Waals surface area contributed by atoms with Gasteiger partial charge in [-0.2, -0.15) is 0 Å². The topological polar surface area (TPSA) is 251 Å². The van der Waals surface area contributed by atoms with Gasteiger partial charge in [0.2, 0.25) is 29.5 Å². The molecule has 0 fully saturated rings. The highest BCUT2D eigenvalue weighted by Crippen LogP contribution is 2.04. The van der Waals surface area contributed by atoms with Crippen LogP contribution in [0.15, 0.2) is 24.3 Å². The van der Waals surface area contributed by atoms with Gasteiger partial charge in [0.25, 0.3) is 0 Å². The Balaban J connectivity index is 5.62. The molecule has 0 rings (SSSR count). The Morgan fingerprint density at radius 3 is 1.15 bits per heavy atom. The van der Waals surface area contributed by atoms with Gasteiger partial charge in [-0.1, -0.05) is 38.2 Å². The monoisotopic (exact) mass is 879 g/mol. The van der Waals surface area contributed by atoms with Gasteiger partial charge in [-0.3, -0.25) is 38.7 Å². The molecule has 0 aliphatic heterocycles. The van der Waals surface area contributed by atoms with Gasteiger partial charge in [-0.15, -0.1) is 0 Å². The third kappa shape index (κ3) is 36.1. The molecule has 0 radical (unpaired) electrons. The average molecular weight is 879 g/mol. The summed E-state index contributed by atoms with van der Waals surface area (Å²) in [6.45, 7) is 14.1. The minimum atomic E-state index is -0.0587. The van der Waals surface area contributed by atoms with Gasteiger partial charge in [0.15, 0.2) is 0 Å². The van der Waals surface area contributed by atoms with Crippen LogP contribution in [0.4, 0.5) is 0 Å². The van der Waals surface area contributed by atoms with Crippen molar-refractivity contribution in [1.82, 2.24) is 40.9 Å². The number of nitrogens with zero attached hydrogens (tertiary/aromatic N) is 4. The molecule has 0 aromatic carbocycles. The van der Waals surface area contributed by atoms with Crippen molar-refractivity contribution in [2.45, 2.75) is 110 Å². The van der Waals surface area contributed by atoms with E-state index < -0.39 is 0 Å². The minimum absolute atomic E-state index is 0.00688. The second-order valence-electron chi connectivity index (χ2n) is 15.8. The molecule has 0 heterocycles. The summed E-state index contributed by atoms with van der Waals surface area (Å²) in [7, 11) is 0. The van der Waals surface area contributed by atoms with Crippen molar-refractivity contribution in [2.24, 2.45) is 22.9 Å². The molecule has 0 aliphatic carbocycles. The SMILES string of the molecule is CCC=CCCC(=O)NCCCCN(CCCNC(=O)CCC=CCC)C(=O)CN(CCCNC(=O)CN(CCCN)CCCN)CCCNC(=O)CN(CCCN)CCCN. The Kier molecular flexibility index (Phi) is 40.4. The number of carbonyl (C=O) groups excluding carboxylic acids is 5. The summed E-state index contributed by atoms with van der Waals surface area (Å²) in [4.78, 5) is 72.5. The van der Waals surface area contributed by atoms with E-state index in [4.69, 9.17) is 22.9 Å². The van der Waals surface area contributed by atoms with Crippen molar-refractivity contribution < 1.29 is 24.0 Å². The Morgan fingerprint density at radius 1 is 0.403 bits per heavy atom. The zero-order chi connectivity index (χ0) is 45.9. The van der Waals surface area contributed by atoms with Gasteiger partial charge >= 0.3 is 0 Å². The summed E-state index contributed by atoms with van der Waals surface area (Å²) in [5, 5.41) is 12.1. The first-order chi connectivity index (χ1) is 30.1. The number of allylic oxidation sites excluding steroid dienone is 4. The van der Waals surface area contributed by atoms with E-state index in [2.05, 4.69) is 62.0 Å². The van der Waals surface area contributed by atoms with E-state index in [0.717, 1.165) is 84.0 Å². The molecule has 0 aromatic rings. The smallest absolute Gasteiger partial charge is 0.236 e. The van der Waals surface area contributed by atoms with Gasteiger partial charge in [0.05, 0.1) is 19.6 Å². The summed E-state index contributed by atoms with van der Waals surface area (Å²) in [6, 6.07) is 0. The van der Waals surface area contributed by atoms with E-state index in [0.29, 0.717) is 117 Å². The molecular formula is C45H90N12O5. The van der Waals surface area contributed by atoms with Crippen LogP contribution >= 0.6 is 0 Å². The summed E-state index contributed by atoms with van der Waals surface area (Å²) >= 11 is 0. The molecule has 5 amide bonds. The van der Waals surface area contributed by atoms with Crippen LogP contribution in [-0.4, -0.2) is 173 Å². The third-order valence-electron chi connectivity index (χ3n) is 10.1. The van der Waals surface area contributed by atoms with Gasteiger partial charge in [-0.25, -0.2) is 0 Å². The summed E-state index contributed by atoms with van der Waals surface area (Å²) < 4.78 is 0. The number of hydrogen-bond donors (Lipinski definition) is 8. The average Bonchev–Trinajstić information content (AvgIpc) is 3.26. The van der Waals surface area contributed by atoms with Crippen LogP contribution in [0.2, 0.25) is 0 Å². The van der Waals surface area contributed by atoms with Crippen LogP contribution in [0.3, 0.4) is 0 Å². The highest BCUT2D eigenvalue weighted by atomic mass is 16.2. The summed E-state index contributed by atoms with van der Waals surface area (Å²) in [6.07, 6.45) is 18.9. The van der Waals surface area contributed by atoms with Crippen LogP contribution < -0.4 is 44.2 Å². The molecule has 17 heteroatoms. The number of hydrogen-bond acceptors (Lipinski definition) is 12. The first-order valence-electron chi connectivity index (χ1n) is 23.8. The van der Waals surface area contributed by atoms with Crippen LogP contribution in [0.1, 0.15) is 110 Å². The zero-order valence-corrected chi connectivity index (χ0v) is 39.0. The van der Waals surface area contributed by atoms with Crippen molar-refractivity contribution in [2.75, 3.05) is 124 Å². The molecule has 360 valence electrons. The van der Waals surface area contributed by atoms with Crippen molar-refractivity contribution in [1.29, 1.82) is 0 Å². The second-order valence-corrected chi connectivity index (χ2v) is 15.8. The summed E-state index contributed by atoms with van der Waals surface area (Å²) in [5.74, 6) is -0.124. The maximum Gasteiger partial charge on any atom is 0.236 e. The van der Waals surface area contributed by atoms with Crippen LogP contribution in [0.25, 0.3) is 0 Å². The van der Waals surface area contributed by atoms with Gasteiger partial charge in [-0.05, 0) is 136 Å². The molecule has 0 unspecified atom stereocenters. The molecule has 0 aromatic heterocycles. The molecule has 0 aliphatic rings. The Hall–Kier alpha value is -3.45. The van der Waals surface area contributed by atoms with Crippen molar-refractivity contribution in [3.05, 3.63) is 24.3 Å². The Bertz CT molecular complexity index is 1150. The first-order valence-corrected chi connectivity index (χ1v) is 23.8. The standard InChI is InChI=1S/C45H90N12O5/c1-3-5-7-9-20-41(58)50-26-11-12-36-57(37-19-29-51-42(59)21-10-8-6-4-2)45(62)40-56(34-17-27-52-43(60)38-54(30-13-22-46)31-14-23-47)35-18-28-53-44(61)39-55(32-15-24-48)33-16-25-49/h5-8H,3-4,9-40,46-49H2,1-2H3,(H,50,58)(H,51,59)(H,52,60)(H,53,61). The predicted molar refractivity (Wildman–Crippen MR) is 253 cm³/mol.